The van der Waals surface area contributed by atoms with Crippen molar-refractivity contribution in [2.24, 2.45) is 0 Å². The molecule has 0 saturated carbocycles. The van der Waals surface area contributed by atoms with Crippen molar-refractivity contribution < 1.29 is 4.79 Å². The van der Waals surface area contributed by atoms with Crippen LogP contribution in [0.25, 0.3) is 0 Å². The number of hydrogen-bond acceptors (Lipinski definition) is 2. The van der Waals surface area contributed by atoms with Crippen LogP contribution in [0.3, 0.4) is 0 Å². The van der Waals surface area contributed by atoms with Gasteiger partial charge >= 0.3 is 0 Å². The molecule has 0 unspecified atom stereocenters. The summed E-state index contributed by atoms with van der Waals surface area (Å²) in [4.78, 5) is 13.4. The molecule has 0 aromatic heterocycles. The lowest BCUT2D eigenvalue weighted by atomic mass is 10.2. The molecule has 106 valence electrons. The molecule has 0 saturated heterocycles. The summed E-state index contributed by atoms with van der Waals surface area (Å²) in [6.45, 7) is 5.56. The maximum absolute atomic E-state index is 11.3. The molecule has 0 fully saturated rings. The van der Waals surface area contributed by atoms with E-state index in [1.54, 1.807) is 6.08 Å². The summed E-state index contributed by atoms with van der Waals surface area (Å²) in [6.07, 6.45) is 2.93. The smallest absolute Gasteiger partial charge is 0.221 e. The lowest BCUT2D eigenvalue weighted by Gasteiger charge is -2.12. The van der Waals surface area contributed by atoms with Gasteiger partial charge in [-0.25, -0.2) is 0 Å². The van der Waals surface area contributed by atoms with E-state index in [-0.39, 0.29) is 5.91 Å². The molecule has 0 aliphatic heterocycles. The second kappa shape index (κ2) is 9.82. The van der Waals surface area contributed by atoms with E-state index in [9.17, 15) is 4.79 Å². The van der Waals surface area contributed by atoms with Crippen molar-refractivity contribution in [2.75, 3.05) is 20.1 Å². The fraction of sp³-hybridized carbons (Fsp3) is 0.353. The molecule has 3 nitrogen and oxygen atoms in total. The van der Waals surface area contributed by atoms with Gasteiger partial charge in [0.15, 0.2) is 0 Å². The Morgan fingerprint density at radius 2 is 2.10 bits per heavy atom. The van der Waals surface area contributed by atoms with Gasteiger partial charge in [-0.3, -0.25) is 9.69 Å². The highest BCUT2D eigenvalue weighted by Crippen LogP contribution is 2.01. The minimum atomic E-state index is 0.0249. The Hall–Kier alpha value is -2.05. The van der Waals surface area contributed by atoms with Gasteiger partial charge < -0.3 is 5.32 Å². The zero-order valence-electron chi connectivity index (χ0n) is 12.1. The van der Waals surface area contributed by atoms with Gasteiger partial charge in [-0.15, -0.1) is 6.58 Å². The van der Waals surface area contributed by atoms with Crippen molar-refractivity contribution in [3.8, 4) is 11.8 Å². The summed E-state index contributed by atoms with van der Waals surface area (Å²) in [5.41, 5.74) is 1.27. The van der Waals surface area contributed by atoms with Crippen LogP contribution in [0, 0.1) is 11.8 Å². The number of allylic oxidation sites excluding steroid dienone is 1. The second-order valence-corrected chi connectivity index (χ2v) is 4.62. The van der Waals surface area contributed by atoms with Crippen molar-refractivity contribution in [1.82, 2.24) is 10.2 Å². The van der Waals surface area contributed by atoms with Crippen molar-refractivity contribution in [1.29, 1.82) is 0 Å². The van der Waals surface area contributed by atoms with Gasteiger partial charge in [0.05, 0.1) is 13.1 Å². The van der Waals surface area contributed by atoms with Gasteiger partial charge in [-0.05, 0) is 19.0 Å². The topological polar surface area (TPSA) is 32.3 Å². The van der Waals surface area contributed by atoms with E-state index in [1.165, 1.54) is 5.56 Å². The number of nitrogens with zero attached hydrogens (tertiary/aromatic N) is 1. The van der Waals surface area contributed by atoms with Gasteiger partial charge in [-0.2, -0.15) is 0 Å². The van der Waals surface area contributed by atoms with Gasteiger partial charge in [0.25, 0.3) is 0 Å². The van der Waals surface area contributed by atoms with Crippen LogP contribution in [0.15, 0.2) is 43.0 Å². The summed E-state index contributed by atoms with van der Waals surface area (Å²) >= 11 is 0. The third kappa shape index (κ3) is 7.40. The quantitative estimate of drug-likeness (QED) is 0.608. The van der Waals surface area contributed by atoms with E-state index < -0.39 is 0 Å². The lowest BCUT2D eigenvalue weighted by Crippen LogP contribution is -2.23. The summed E-state index contributed by atoms with van der Waals surface area (Å²) in [7, 11) is 2.03. The first-order valence-corrected chi connectivity index (χ1v) is 6.78. The van der Waals surface area contributed by atoms with E-state index in [4.69, 9.17) is 0 Å². The van der Waals surface area contributed by atoms with Gasteiger partial charge in [-0.1, -0.05) is 48.2 Å². The Kier molecular flexibility index (Phi) is 7.86. The van der Waals surface area contributed by atoms with Gasteiger partial charge in [0, 0.05) is 13.0 Å². The van der Waals surface area contributed by atoms with Gasteiger partial charge in [0.2, 0.25) is 5.91 Å². The molecule has 0 radical (unpaired) electrons. The molecule has 0 aliphatic carbocycles. The molecule has 1 amide bonds. The van der Waals surface area contributed by atoms with Crippen molar-refractivity contribution in [3.63, 3.8) is 0 Å². The van der Waals surface area contributed by atoms with Crippen LogP contribution >= 0.6 is 0 Å². The average molecular weight is 270 g/mol. The number of nitrogens with one attached hydrogen (secondary N) is 1. The largest absolute Gasteiger partial charge is 0.345 e. The zero-order valence-corrected chi connectivity index (χ0v) is 12.1. The minimum absolute atomic E-state index is 0.0249. The molecule has 0 heterocycles. The summed E-state index contributed by atoms with van der Waals surface area (Å²) in [5, 5.41) is 2.76. The first-order chi connectivity index (χ1) is 9.72. The van der Waals surface area contributed by atoms with E-state index in [0.29, 0.717) is 25.9 Å². The number of hydrogen-bond donors (Lipinski definition) is 1. The Balaban J connectivity index is 2.18. The molecule has 1 N–H and O–H groups in total. The van der Waals surface area contributed by atoms with E-state index in [1.807, 2.05) is 25.2 Å². The highest BCUT2D eigenvalue weighted by molar-refractivity contribution is 5.76. The molecule has 3 heteroatoms. The van der Waals surface area contributed by atoms with E-state index >= 15 is 0 Å². The summed E-state index contributed by atoms with van der Waals surface area (Å²) in [6, 6.07) is 10.3. The average Bonchev–Trinajstić information content (AvgIpc) is 2.45. The fourth-order valence-corrected chi connectivity index (χ4v) is 1.67. The second-order valence-electron chi connectivity index (χ2n) is 4.62. The maximum Gasteiger partial charge on any atom is 0.221 e. The van der Waals surface area contributed by atoms with E-state index in [2.05, 4.69) is 40.8 Å². The highest BCUT2D eigenvalue weighted by atomic mass is 16.1. The Morgan fingerprint density at radius 1 is 1.35 bits per heavy atom. The van der Waals surface area contributed by atoms with E-state index in [0.717, 1.165) is 6.54 Å². The van der Waals surface area contributed by atoms with Crippen LogP contribution in [0.1, 0.15) is 18.4 Å². The molecule has 1 aromatic carbocycles. The molecule has 0 atom stereocenters. The summed E-state index contributed by atoms with van der Waals surface area (Å²) < 4.78 is 0. The number of rotatable bonds is 7. The Morgan fingerprint density at radius 3 is 2.80 bits per heavy atom. The predicted molar refractivity (Wildman–Crippen MR) is 83.0 cm³/mol. The molecule has 0 spiro atoms. The summed E-state index contributed by atoms with van der Waals surface area (Å²) in [5.74, 6) is 6.04. The number of benzene rings is 1. The number of carbonyl (C=O) groups is 1. The Labute approximate surface area is 121 Å². The lowest BCUT2D eigenvalue weighted by molar-refractivity contribution is -0.120. The SMILES string of the molecule is C=CCCC(=O)NCC#CCN(C)Cc1ccccc1. The van der Waals surface area contributed by atoms with Crippen LogP contribution in [0.2, 0.25) is 0 Å². The predicted octanol–water partition coefficient (Wildman–Crippen LogP) is 2.20. The highest BCUT2D eigenvalue weighted by Gasteiger charge is 1.97. The molecule has 1 rings (SSSR count). The zero-order chi connectivity index (χ0) is 14.6. The third-order valence-electron chi connectivity index (χ3n) is 2.72. The standard InChI is InChI=1S/C17H22N2O/c1-3-4-12-17(20)18-13-8-9-14-19(2)15-16-10-6-5-7-11-16/h3,5-7,10-11H,1,4,12-15H2,2H3,(H,18,20). The first kappa shape index (κ1) is 16.0. The van der Waals surface area contributed by atoms with Crippen LogP contribution in [0.5, 0.6) is 0 Å². The first-order valence-electron chi connectivity index (χ1n) is 6.78. The minimum Gasteiger partial charge on any atom is -0.345 e. The number of amides is 1. The fourth-order valence-electron chi connectivity index (χ4n) is 1.67. The maximum atomic E-state index is 11.3. The van der Waals surface area contributed by atoms with Crippen LogP contribution in [-0.4, -0.2) is 30.9 Å². The molecular weight excluding hydrogens is 248 g/mol. The Bertz CT molecular complexity index is 471. The normalized spacial score (nSPS) is 9.70. The molecule has 0 bridgehead atoms. The molecule has 1 aromatic rings. The molecule has 0 aliphatic rings. The van der Waals surface area contributed by atoms with Crippen LogP contribution in [-0.2, 0) is 11.3 Å². The van der Waals surface area contributed by atoms with Crippen molar-refractivity contribution in [2.45, 2.75) is 19.4 Å². The molecular formula is C17H22N2O. The van der Waals surface area contributed by atoms with Crippen LogP contribution < -0.4 is 5.32 Å². The van der Waals surface area contributed by atoms with Crippen molar-refractivity contribution in [3.05, 3.63) is 48.6 Å². The third-order valence-corrected chi connectivity index (χ3v) is 2.72. The van der Waals surface area contributed by atoms with Gasteiger partial charge in [0.1, 0.15) is 0 Å². The molecule has 20 heavy (non-hydrogen) atoms. The monoisotopic (exact) mass is 270 g/mol. The number of carbonyl (C=O) groups excluding carboxylic acids is 1. The van der Waals surface area contributed by atoms with Crippen molar-refractivity contribution >= 4 is 5.91 Å². The van der Waals surface area contributed by atoms with Crippen LogP contribution in [0.4, 0.5) is 0 Å².